The van der Waals surface area contributed by atoms with Gasteiger partial charge in [-0.25, -0.2) is 75.0 Å². The van der Waals surface area contributed by atoms with Crippen molar-refractivity contribution in [2.75, 3.05) is 63.9 Å². The number of pyridine rings is 8. The molecule has 0 saturated heterocycles. The molecule has 21 aromatic rings. The molecule has 25 rings (SSSR count). The van der Waals surface area contributed by atoms with Crippen LogP contribution in [0.15, 0.2) is 316 Å². The van der Waals surface area contributed by atoms with E-state index in [1.165, 1.54) is 53.6 Å². The molecule has 706 valence electrons. The van der Waals surface area contributed by atoms with Crippen LogP contribution in [0, 0.1) is 67.3 Å². The number of aryl methyl sites for hydroxylation is 4. The number of aromatic nitrogens is 13. The van der Waals surface area contributed by atoms with Crippen LogP contribution in [0.5, 0.6) is 0 Å². The average Bonchev–Trinajstić information content (AvgIpc) is 1.72. The zero-order valence-corrected chi connectivity index (χ0v) is 78.2. The molecule has 27 heteroatoms. The summed E-state index contributed by atoms with van der Waals surface area (Å²) in [4.78, 5) is 62.5. The van der Waals surface area contributed by atoms with E-state index in [0.717, 1.165) is 165 Å². The second-order valence-electron chi connectivity index (χ2n) is 35.2. The fourth-order valence-corrected chi connectivity index (χ4v) is 19.6. The highest BCUT2D eigenvalue weighted by molar-refractivity contribution is 6.01. The van der Waals surface area contributed by atoms with Gasteiger partial charge in [-0.2, -0.15) is 0 Å². The summed E-state index contributed by atoms with van der Waals surface area (Å²) < 4.78 is 121. The molecule has 143 heavy (non-hydrogen) atoms. The average molecular weight is 1900 g/mol. The van der Waals surface area contributed by atoms with Crippen molar-refractivity contribution in [3.05, 3.63) is 402 Å². The monoisotopic (exact) mass is 1900 g/mol. The number of hydrogen-bond acceptors (Lipinski definition) is 18. The first-order valence-corrected chi connectivity index (χ1v) is 47.2. The summed E-state index contributed by atoms with van der Waals surface area (Å²) in [6.45, 7) is 9.06. The molecule has 0 saturated carbocycles. The molecule has 15 heterocycles. The van der Waals surface area contributed by atoms with E-state index in [1.54, 1.807) is 120 Å². The Bertz CT molecular complexity index is 8300. The van der Waals surface area contributed by atoms with E-state index >= 15 is 13.2 Å². The first-order valence-electron chi connectivity index (χ1n) is 47.2. The Kier molecular flexibility index (Phi) is 25.6. The van der Waals surface area contributed by atoms with Crippen LogP contribution >= 0.6 is 0 Å². The Hall–Kier alpha value is -17.4. The van der Waals surface area contributed by atoms with Crippen LogP contribution in [0.2, 0.25) is 0 Å². The number of fused-ring (bicyclic) bond motifs is 10. The molecule has 19 nitrogen and oxygen atoms in total. The number of benzene rings is 10. The minimum absolute atomic E-state index is 0.0368. The smallest absolute Gasteiger partial charge is 0.174 e. The Morgan fingerprint density at radius 1 is 0.329 bits per heavy atom. The van der Waals surface area contributed by atoms with Gasteiger partial charge in [0.15, 0.2) is 29.1 Å². The lowest BCUT2D eigenvalue weighted by atomic mass is 9.98. The first-order chi connectivity index (χ1) is 69.9. The van der Waals surface area contributed by atoms with Gasteiger partial charge in [0.05, 0.1) is 61.3 Å². The van der Waals surface area contributed by atoms with Gasteiger partial charge in [-0.1, -0.05) is 127 Å². The van der Waals surface area contributed by atoms with Crippen molar-refractivity contribution in [2.45, 2.75) is 72.1 Å². The number of para-hydroxylation sites is 4. The molecule has 0 fully saturated rings. The number of nitrogens with two attached hydrogens (primary N) is 1. The van der Waals surface area contributed by atoms with Crippen LogP contribution in [0.1, 0.15) is 65.0 Å². The number of nitrogens with one attached hydrogen (secondary N) is 1. The highest BCUT2D eigenvalue weighted by Gasteiger charge is 2.33. The van der Waals surface area contributed by atoms with Gasteiger partial charge in [0, 0.05) is 177 Å². The van der Waals surface area contributed by atoms with Crippen LogP contribution in [-0.4, -0.2) is 97.6 Å². The van der Waals surface area contributed by atoms with E-state index in [9.17, 15) is 22.0 Å². The third kappa shape index (κ3) is 18.0. The van der Waals surface area contributed by atoms with Gasteiger partial charge in [0.2, 0.25) is 0 Å². The van der Waals surface area contributed by atoms with Gasteiger partial charge in [-0.3, -0.25) is 19.9 Å². The SMILES string of the molecule is CNc1ccc2c(N3CCCc4c3ccnc4C)nc(-c3ccccc3F)nc2c1.Cc1nccc2c1CCCN2c1c(F)c(-c2ccccc2F)nc2ccccc12.Cc1nccc2c1CCCN2c1c(F)c(-c2ccccc2F)nc2ccccc12.Fc1ccccc1-c1nc(N2CCCc3cnccc32)c2ccccc2n1.Nc1cc2c(ccn2-c2c(F)c(-c3cccc(F)c3)nc3ccccc23)cn1. The van der Waals surface area contributed by atoms with E-state index in [0.29, 0.717) is 97.0 Å². The fraction of sp³-hybridized carbons (Fsp3) is 0.138. The number of anilines is 10. The van der Waals surface area contributed by atoms with Crippen molar-refractivity contribution in [1.82, 2.24) is 64.4 Å². The minimum atomic E-state index is -0.530. The van der Waals surface area contributed by atoms with Crippen LogP contribution in [0.3, 0.4) is 0 Å². The molecule has 4 aliphatic heterocycles. The van der Waals surface area contributed by atoms with Gasteiger partial charge in [-0.05, 0) is 234 Å². The lowest BCUT2D eigenvalue weighted by molar-refractivity contribution is 0.609. The predicted octanol–water partition coefficient (Wildman–Crippen LogP) is 27.2. The zero-order chi connectivity index (χ0) is 98.0. The third-order valence-electron chi connectivity index (χ3n) is 26.5. The van der Waals surface area contributed by atoms with Crippen molar-refractivity contribution >= 4 is 123 Å². The van der Waals surface area contributed by atoms with Crippen molar-refractivity contribution < 1.29 is 35.1 Å². The molecule has 4 aliphatic rings. The molecule has 0 bridgehead atoms. The summed E-state index contributed by atoms with van der Waals surface area (Å²) in [6.07, 6.45) is 20.1. The van der Waals surface area contributed by atoms with Crippen LogP contribution in [-0.2, 0) is 25.7 Å². The maximum Gasteiger partial charge on any atom is 0.174 e. The Morgan fingerprint density at radius 2 is 0.741 bits per heavy atom. The summed E-state index contributed by atoms with van der Waals surface area (Å²) in [5.74, 6) is -0.852. The largest absolute Gasteiger partial charge is 0.388 e. The van der Waals surface area contributed by atoms with E-state index < -0.39 is 34.9 Å². The highest BCUT2D eigenvalue weighted by atomic mass is 19.2. The first kappa shape index (κ1) is 92.0. The van der Waals surface area contributed by atoms with Crippen LogP contribution < -0.4 is 30.7 Å². The molecule has 0 amide bonds. The molecule has 0 spiro atoms. The van der Waals surface area contributed by atoms with Crippen molar-refractivity contribution in [3.8, 4) is 62.2 Å². The second kappa shape index (κ2) is 39.9. The molecule has 10 aromatic carbocycles. The molecule has 0 aliphatic carbocycles. The zero-order valence-electron chi connectivity index (χ0n) is 78.2. The van der Waals surface area contributed by atoms with Gasteiger partial charge < -0.3 is 35.2 Å². The van der Waals surface area contributed by atoms with Gasteiger partial charge in [-0.15, -0.1) is 0 Å². The van der Waals surface area contributed by atoms with Gasteiger partial charge in [0.1, 0.15) is 63.6 Å². The quantitative estimate of drug-likeness (QED) is 0.115. The van der Waals surface area contributed by atoms with Gasteiger partial charge >= 0.3 is 0 Å². The standard InChI is InChI=1S/2C24H19F2N3.C24H22FN5.C22H14F2N4.C22H17FN4/c2*1-15-16-9-6-14-29(21(16)12-13-27-15)24-18-8-3-5-11-20(18)28-23(22(24)26)17-7-2-4-10-19(17)25;1-15-17-7-5-13-30(22(17)11-12-27-15)24-19-10-9-16(26-2)14-21(19)28-23(29-24)18-6-3-4-8-20(18)25;23-15-5-3-4-13(10-15)21-20(24)22(16-6-1-2-7-17(16)27-21)28-9-8-14-12-26-19(25)11-18(14)28;23-18-9-3-1-7-16(18)21-25-19-10-4-2-8-17(19)22(26-21)27-13-5-6-15-14-24-12-11-20(15)27/h2*2-5,7-8,10-13H,6,9,14H2,1H3;3-4,6,8-12,14,26H,5,7,13H2,1-2H3;1-12H,(H2,25,26);1-4,7-12,14H,5-6,13H2. The van der Waals surface area contributed by atoms with E-state index in [4.69, 9.17) is 20.7 Å². The summed E-state index contributed by atoms with van der Waals surface area (Å²) >= 11 is 0. The van der Waals surface area contributed by atoms with Gasteiger partial charge in [0.25, 0.3) is 0 Å². The maximum atomic E-state index is 16.0. The lowest BCUT2D eigenvalue weighted by Gasteiger charge is -2.33. The molecular formula is C116H91F8N19. The predicted molar refractivity (Wildman–Crippen MR) is 552 cm³/mol. The number of halogens is 8. The van der Waals surface area contributed by atoms with Crippen LogP contribution in [0.4, 0.5) is 92.4 Å². The topological polar surface area (TPSA) is 211 Å². The Morgan fingerprint density at radius 3 is 1.24 bits per heavy atom. The molecule has 3 N–H and O–H groups in total. The number of hydrogen-bond donors (Lipinski definition) is 2. The number of nitrogen functional groups attached to an aromatic ring is 1. The molecule has 11 aromatic heterocycles. The fourth-order valence-electron chi connectivity index (χ4n) is 19.6. The molecule has 0 atom stereocenters. The van der Waals surface area contributed by atoms with Crippen LogP contribution in [0.25, 0.3) is 128 Å². The molecule has 0 unspecified atom stereocenters. The molecular weight excluding hydrogens is 1810 g/mol. The number of nitrogens with zero attached hydrogens (tertiary/aromatic N) is 17. The Labute approximate surface area is 817 Å². The van der Waals surface area contributed by atoms with E-state index in [1.807, 2.05) is 196 Å². The van der Waals surface area contributed by atoms with E-state index in [-0.39, 0.29) is 39.8 Å². The lowest BCUT2D eigenvalue weighted by Crippen LogP contribution is -2.26. The van der Waals surface area contributed by atoms with E-state index in [2.05, 4.69) is 60.0 Å². The van der Waals surface area contributed by atoms with Crippen molar-refractivity contribution in [2.24, 2.45) is 0 Å². The highest BCUT2D eigenvalue weighted by Crippen LogP contribution is 2.48. The van der Waals surface area contributed by atoms with Crippen molar-refractivity contribution in [3.63, 3.8) is 0 Å². The minimum Gasteiger partial charge on any atom is -0.388 e. The number of rotatable bonds is 11. The summed E-state index contributed by atoms with van der Waals surface area (Å²) in [6, 6.07) is 79.0. The second-order valence-corrected chi connectivity index (χ2v) is 35.2. The maximum absolute atomic E-state index is 16.0. The summed E-state index contributed by atoms with van der Waals surface area (Å²) in [7, 11) is 1.87. The normalized spacial score (nSPS) is 13.1. The summed E-state index contributed by atoms with van der Waals surface area (Å²) in [5.41, 5.74) is 25.7. The summed E-state index contributed by atoms with van der Waals surface area (Å²) in [5, 5.41) is 7.97. The molecule has 0 radical (unpaired) electrons. The Balaban J connectivity index is 0.000000106. The van der Waals surface area contributed by atoms with Crippen molar-refractivity contribution in [1.29, 1.82) is 0 Å². The third-order valence-corrected chi connectivity index (χ3v) is 26.5.